The number of rotatable bonds is 6. The van der Waals surface area contributed by atoms with Crippen LogP contribution in [0.4, 0.5) is 0 Å². The molecule has 3 aliphatic rings. The molecule has 6 unspecified atom stereocenters. The van der Waals surface area contributed by atoms with Crippen molar-refractivity contribution in [2.24, 2.45) is 23.2 Å². The molecule has 35 heavy (non-hydrogen) atoms. The van der Waals surface area contributed by atoms with Gasteiger partial charge in [-0.2, -0.15) is 0 Å². The number of carbonyl (C=O) groups excluding carboxylic acids is 1. The molecule has 2 aromatic rings. The van der Waals surface area contributed by atoms with Crippen molar-refractivity contribution in [3.8, 4) is 5.75 Å². The summed E-state index contributed by atoms with van der Waals surface area (Å²) < 4.78 is 11.0. The van der Waals surface area contributed by atoms with E-state index in [1.165, 1.54) is 23.8 Å². The molecule has 190 valence electrons. The third-order valence-corrected chi connectivity index (χ3v) is 8.98. The summed E-state index contributed by atoms with van der Waals surface area (Å²) >= 11 is 0. The Morgan fingerprint density at radius 1 is 1.11 bits per heavy atom. The molecule has 0 saturated heterocycles. The Kier molecular flexibility index (Phi) is 8.21. The smallest absolute Gasteiger partial charge is 0.305 e. The second-order valence-corrected chi connectivity index (χ2v) is 10.6. The fourth-order valence-corrected chi connectivity index (χ4v) is 7.35. The number of aliphatic hydroxyl groups excluding tert-OH is 1. The summed E-state index contributed by atoms with van der Waals surface area (Å²) in [5.41, 5.74) is 4.06. The lowest BCUT2D eigenvalue weighted by Gasteiger charge is -2.51. The van der Waals surface area contributed by atoms with Crippen molar-refractivity contribution >= 4 is 5.97 Å². The minimum atomic E-state index is -0.263. The second kappa shape index (κ2) is 11.2. The van der Waals surface area contributed by atoms with E-state index in [1.807, 2.05) is 32.0 Å². The summed E-state index contributed by atoms with van der Waals surface area (Å²) in [7, 11) is 1.46. The standard InChI is InChI=1S/C29H36O4.C2H6/c1-29-15-14-24-23-12-10-22(33-18-19-6-4-3-5-7-19)16-20(23)8-11-25(24)28(29)21(17-26(29)30)9-13-27(31)32-2;1-2/h3-7,10,12,16,21,24-26,28,30H,8-9,11,13-15,17-18H2,1-2H3;1-2H3. The molecule has 2 fully saturated rings. The molecule has 4 nitrogen and oxygen atoms in total. The predicted octanol–water partition coefficient (Wildman–Crippen LogP) is 6.69. The van der Waals surface area contributed by atoms with E-state index in [0.717, 1.165) is 44.3 Å². The predicted molar refractivity (Wildman–Crippen MR) is 139 cm³/mol. The fraction of sp³-hybridized carbons (Fsp3) is 0.581. The van der Waals surface area contributed by atoms with Crippen LogP contribution in [0.2, 0.25) is 0 Å². The lowest BCUT2D eigenvalue weighted by atomic mass is 9.54. The van der Waals surface area contributed by atoms with Gasteiger partial charge in [0, 0.05) is 6.42 Å². The van der Waals surface area contributed by atoms with Crippen LogP contribution in [0.25, 0.3) is 0 Å². The molecule has 0 spiro atoms. The summed E-state index contributed by atoms with van der Waals surface area (Å²) in [4.78, 5) is 11.8. The molecule has 0 aromatic heterocycles. The topological polar surface area (TPSA) is 55.8 Å². The van der Waals surface area contributed by atoms with Gasteiger partial charge in [0.05, 0.1) is 13.2 Å². The van der Waals surface area contributed by atoms with Gasteiger partial charge in [0.15, 0.2) is 0 Å². The highest BCUT2D eigenvalue weighted by Crippen LogP contribution is 2.63. The summed E-state index contributed by atoms with van der Waals surface area (Å²) in [6, 6.07) is 17.0. The van der Waals surface area contributed by atoms with Crippen molar-refractivity contribution in [3.05, 3.63) is 65.2 Å². The number of methoxy groups -OCH3 is 1. The van der Waals surface area contributed by atoms with Crippen molar-refractivity contribution in [1.82, 2.24) is 0 Å². The molecule has 0 bridgehead atoms. The summed E-state index contributed by atoms with van der Waals surface area (Å²) in [5, 5.41) is 11.0. The van der Waals surface area contributed by atoms with E-state index in [2.05, 4.69) is 37.3 Å². The maximum atomic E-state index is 11.8. The van der Waals surface area contributed by atoms with Gasteiger partial charge in [-0.1, -0.05) is 57.2 Å². The van der Waals surface area contributed by atoms with Crippen molar-refractivity contribution < 1.29 is 19.4 Å². The van der Waals surface area contributed by atoms with Crippen LogP contribution in [0, 0.1) is 23.2 Å². The molecule has 5 rings (SSSR count). The number of fused-ring (bicyclic) bond motifs is 5. The highest BCUT2D eigenvalue weighted by molar-refractivity contribution is 5.69. The lowest BCUT2D eigenvalue weighted by Crippen LogP contribution is -2.45. The molecule has 4 heteroatoms. The van der Waals surface area contributed by atoms with Crippen molar-refractivity contribution in [1.29, 1.82) is 0 Å². The van der Waals surface area contributed by atoms with E-state index in [1.54, 1.807) is 0 Å². The minimum absolute atomic E-state index is 0.0296. The van der Waals surface area contributed by atoms with Crippen LogP contribution in [0.5, 0.6) is 5.75 Å². The quantitative estimate of drug-likeness (QED) is 0.470. The van der Waals surface area contributed by atoms with Crippen LogP contribution in [0.1, 0.15) is 81.9 Å². The number of esters is 1. The minimum Gasteiger partial charge on any atom is -0.489 e. The van der Waals surface area contributed by atoms with E-state index in [0.29, 0.717) is 36.7 Å². The normalized spacial score (nSPS) is 30.7. The zero-order chi connectivity index (χ0) is 25.0. The maximum absolute atomic E-state index is 11.8. The molecule has 0 heterocycles. The van der Waals surface area contributed by atoms with Crippen LogP contribution < -0.4 is 4.74 Å². The Hall–Kier alpha value is -2.33. The number of hydrogen-bond acceptors (Lipinski definition) is 4. The van der Waals surface area contributed by atoms with Gasteiger partial charge in [-0.25, -0.2) is 0 Å². The summed E-state index contributed by atoms with van der Waals surface area (Å²) in [5.74, 6) is 2.80. The van der Waals surface area contributed by atoms with E-state index in [9.17, 15) is 9.90 Å². The van der Waals surface area contributed by atoms with Crippen LogP contribution in [0.3, 0.4) is 0 Å². The molecule has 2 aromatic carbocycles. The van der Waals surface area contributed by atoms with E-state index < -0.39 is 0 Å². The molecule has 0 radical (unpaired) electrons. The van der Waals surface area contributed by atoms with E-state index in [4.69, 9.17) is 9.47 Å². The second-order valence-electron chi connectivity index (χ2n) is 10.6. The Morgan fingerprint density at radius 2 is 1.89 bits per heavy atom. The van der Waals surface area contributed by atoms with Crippen LogP contribution in [0.15, 0.2) is 48.5 Å². The average molecular weight is 479 g/mol. The molecule has 2 saturated carbocycles. The van der Waals surface area contributed by atoms with Gasteiger partial charge in [0.1, 0.15) is 12.4 Å². The number of benzene rings is 2. The third-order valence-electron chi connectivity index (χ3n) is 8.98. The molecule has 1 N–H and O–H groups in total. The number of aryl methyl sites for hydroxylation is 1. The van der Waals surface area contributed by atoms with Crippen LogP contribution in [-0.4, -0.2) is 24.3 Å². The van der Waals surface area contributed by atoms with Gasteiger partial charge in [-0.05, 0) is 96.4 Å². The first kappa shape index (κ1) is 25.8. The monoisotopic (exact) mass is 478 g/mol. The van der Waals surface area contributed by atoms with E-state index >= 15 is 0 Å². The maximum Gasteiger partial charge on any atom is 0.305 e. The van der Waals surface area contributed by atoms with Gasteiger partial charge in [0.2, 0.25) is 0 Å². The Balaban J connectivity index is 0.00000141. The fourth-order valence-electron chi connectivity index (χ4n) is 7.35. The number of carbonyl (C=O) groups is 1. The largest absolute Gasteiger partial charge is 0.489 e. The zero-order valence-electron chi connectivity index (χ0n) is 21.8. The Labute approximate surface area is 211 Å². The highest BCUT2D eigenvalue weighted by atomic mass is 16.5. The molecule has 6 atom stereocenters. The van der Waals surface area contributed by atoms with E-state index in [-0.39, 0.29) is 17.5 Å². The lowest BCUT2D eigenvalue weighted by molar-refractivity contribution is -0.141. The summed E-state index contributed by atoms with van der Waals surface area (Å²) in [6.45, 7) is 6.89. The molecule has 3 aliphatic carbocycles. The first-order valence-electron chi connectivity index (χ1n) is 13.5. The molecular weight excluding hydrogens is 436 g/mol. The Bertz CT molecular complexity index is 987. The van der Waals surface area contributed by atoms with Crippen molar-refractivity contribution in [3.63, 3.8) is 0 Å². The van der Waals surface area contributed by atoms with Gasteiger partial charge in [-0.15, -0.1) is 0 Å². The molecular formula is C31H42O4. The SMILES string of the molecule is CC.COC(=O)CCC1CC(O)C2(C)CCC3c4ccc(OCc5ccccc5)cc4CCC3C12. The highest BCUT2D eigenvalue weighted by Gasteiger charge is 2.58. The van der Waals surface area contributed by atoms with Crippen molar-refractivity contribution in [2.75, 3.05) is 7.11 Å². The number of aliphatic hydroxyl groups is 1. The molecule has 0 aliphatic heterocycles. The molecule has 0 amide bonds. The number of hydrogen-bond donors (Lipinski definition) is 1. The van der Waals surface area contributed by atoms with Gasteiger partial charge < -0.3 is 14.6 Å². The van der Waals surface area contributed by atoms with Gasteiger partial charge in [-0.3, -0.25) is 4.79 Å². The first-order chi connectivity index (χ1) is 17.0. The first-order valence-corrected chi connectivity index (χ1v) is 13.5. The van der Waals surface area contributed by atoms with Gasteiger partial charge >= 0.3 is 5.97 Å². The third kappa shape index (κ3) is 5.14. The van der Waals surface area contributed by atoms with Crippen LogP contribution >= 0.6 is 0 Å². The Morgan fingerprint density at radius 3 is 2.63 bits per heavy atom. The number of ether oxygens (including phenoxy) is 2. The average Bonchev–Trinajstić information content (AvgIpc) is 3.17. The zero-order valence-corrected chi connectivity index (χ0v) is 21.8. The van der Waals surface area contributed by atoms with Crippen LogP contribution in [-0.2, 0) is 22.6 Å². The van der Waals surface area contributed by atoms with Crippen molar-refractivity contribution in [2.45, 2.75) is 84.3 Å². The summed E-state index contributed by atoms with van der Waals surface area (Å²) in [6.07, 6.45) is 6.24. The van der Waals surface area contributed by atoms with Gasteiger partial charge in [0.25, 0.3) is 0 Å².